The Bertz CT molecular complexity index is 1700. The van der Waals surface area contributed by atoms with E-state index in [9.17, 15) is 14.7 Å². The summed E-state index contributed by atoms with van der Waals surface area (Å²) in [5.41, 5.74) is 4.65. The van der Waals surface area contributed by atoms with Crippen LogP contribution in [-0.2, 0) is 16.1 Å². The van der Waals surface area contributed by atoms with Crippen LogP contribution in [-0.4, -0.2) is 41.8 Å². The highest BCUT2D eigenvalue weighted by molar-refractivity contribution is 6.78. The number of hydrogen-bond donors (Lipinski definition) is 1. The highest BCUT2D eigenvalue weighted by Crippen LogP contribution is 2.61. The minimum absolute atomic E-state index is 0.186. The molecule has 4 atom stereocenters. The minimum atomic E-state index is -2.24. The molecule has 2 heterocycles. The molecule has 1 spiro atoms. The molecule has 1 N–H and O–H groups in total. The van der Waals surface area contributed by atoms with Crippen LogP contribution in [0.4, 0.5) is 0 Å². The maximum absolute atomic E-state index is 14.7. The summed E-state index contributed by atoms with van der Waals surface area (Å²) in [6.45, 7) is 13.9. The number of imide groups is 1. The standard InChI is InChI=1S/C41H49NO5Si/c1-25(2)48(26(3)4,27(5)6)47-30-19-20-31-32(23-30)46-41(21-13-14-22-41)37-34(31)38(43)33(29-17-11-8-12-18-29)35-36(37)40(45)42(39(35)44)24-28-15-9-7-10-16-28/h7-12,15-20,23,25-27,33,35-36,38,43H,13-14,21-22,24H2,1-6H3/t33-,35+,36+,38+/m1/s1. The van der Waals surface area contributed by atoms with Crippen molar-refractivity contribution in [2.75, 3.05) is 0 Å². The van der Waals surface area contributed by atoms with Crippen LogP contribution < -0.4 is 9.16 Å². The van der Waals surface area contributed by atoms with Crippen molar-refractivity contribution in [2.24, 2.45) is 11.8 Å². The number of carbonyl (C=O) groups is 2. The molecule has 2 fully saturated rings. The number of likely N-dealkylation sites (tertiary alicyclic amines) is 1. The summed E-state index contributed by atoms with van der Waals surface area (Å²) in [7, 11) is -2.24. The number of benzene rings is 3. The molecule has 2 aliphatic carbocycles. The van der Waals surface area contributed by atoms with Crippen molar-refractivity contribution >= 4 is 25.7 Å². The normalized spacial score (nSPS) is 24.8. The summed E-state index contributed by atoms with van der Waals surface area (Å²) in [4.78, 5) is 30.6. The smallest absolute Gasteiger partial charge is 0.258 e. The fourth-order valence-electron chi connectivity index (χ4n) is 9.95. The van der Waals surface area contributed by atoms with Gasteiger partial charge in [0.25, 0.3) is 8.32 Å². The molecule has 7 rings (SSSR count). The molecule has 0 radical (unpaired) electrons. The first kappa shape index (κ1) is 32.8. The third-order valence-corrected chi connectivity index (χ3v) is 17.9. The lowest BCUT2D eigenvalue weighted by molar-refractivity contribution is -0.140. The van der Waals surface area contributed by atoms with Crippen LogP contribution in [0.1, 0.15) is 89.8 Å². The van der Waals surface area contributed by atoms with Crippen molar-refractivity contribution in [2.45, 2.75) is 108 Å². The average molecular weight is 664 g/mol. The number of nitrogens with zero attached hydrogens (tertiary/aromatic N) is 1. The van der Waals surface area contributed by atoms with Crippen LogP contribution in [0.5, 0.6) is 11.5 Å². The molecule has 1 saturated heterocycles. The Morgan fingerprint density at radius 2 is 1.44 bits per heavy atom. The second-order valence-electron chi connectivity index (χ2n) is 15.3. The SMILES string of the molecule is CC(C)[Si](Oc1ccc2c(c1)OC1(CCCC1)C1=C2[C@@H](O)[C@H](c2ccccc2)[C@@H]2C(=O)N(Cc3ccccc3)C(=O)[C@H]12)(C(C)C)C(C)C. The van der Waals surface area contributed by atoms with Gasteiger partial charge in [0, 0.05) is 17.5 Å². The van der Waals surface area contributed by atoms with E-state index in [1.165, 1.54) is 4.90 Å². The molecule has 1 saturated carbocycles. The van der Waals surface area contributed by atoms with Gasteiger partial charge in [-0.15, -0.1) is 0 Å². The monoisotopic (exact) mass is 663 g/mol. The molecule has 6 nitrogen and oxygen atoms in total. The summed E-state index contributed by atoms with van der Waals surface area (Å²) < 4.78 is 14.2. The van der Waals surface area contributed by atoms with E-state index in [0.29, 0.717) is 22.4 Å². The molecule has 0 aromatic heterocycles. The zero-order valence-corrected chi connectivity index (χ0v) is 30.1. The number of fused-ring (bicyclic) bond motifs is 5. The van der Waals surface area contributed by atoms with Gasteiger partial charge in [-0.3, -0.25) is 14.5 Å². The quantitative estimate of drug-likeness (QED) is 0.193. The molecular formula is C41H49NO5Si. The maximum atomic E-state index is 14.7. The first-order valence-corrected chi connectivity index (χ1v) is 20.0. The molecule has 48 heavy (non-hydrogen) atoms. The van der Waals surface area contributed by atoms with E-state index >= 15 is 0 Å². The first-order valence-electron chi connectivity index (χ1n) is 17.9. The Morgan fingerprint density at radius 3 is 2.04 bits per heavy atom. The van der Waals surface area contributed by atoms with E-state index in [1.807, 2.05) is 78.9 Å². The number of carbonyl (C=O) groups excluding carboxylic acids is 2. The largest absolute Gasteiger partial charge is 0.543 e. The Labute approximate surface area is 286 Å². The Hall–Kier alpha value is -3.68. The van der Waals surface area contributed by atoms with Gasteiger partial charge in [0.1, 0.15) is 17.1 Å². The molecule has 2 amide bonds. The molecular weight excluding hydrogens is 615 g/mol. The summed E-state index contributed by atoms with van der Waals surface area (Å²) >= 11 is 0. The van der Waals surface area contributed by atoms with Gasteiger partial charge in [-0.05, 0) is 76.7 Å². The summed E-state index contributed by atoms with van der Waals surface area (Å²) in [5, 5.41) is 12.6. The van der Waals surface area contributed by atoms with Gasteiger partial charge in [-0.2, -0.15) is 0 Å². The number of ether oxygens (including phenoxy) is 1. The Kier molecular flexibility index (Phi) is 8.44. The van der Waals surface area contributed by atoms with Crippen LogP contribution in [0, 0.1) is 11.8 Å². The number of hydrogen-bond acceptors (Lipinski definition) is 5. The van der Waals surface area contributed by atoms with Gasteiger partial charge in [0.05, 0.1) is 24.5 Å². The topological polar surface area (TPSA) is 76.1 Å². The zero-order chi connectivity index (χ0) is 34.0. The lowest BCUT2D eigenvalue weighted by Gasteiger charge is -2.48. The molecule has 4 aliphatic rings. The van der Waals surface area contributed by atoms with Crippen molar-refractivity contribution in [1.82, 2.24) is 4.90 Å². The molecule has 252 valence electrons. The average Bonchev–Trinajstić information content (AvgIpc) is 3.62. The Morgan fingerprint density at radius 1 is 0.833 bits per heavy atom. The fourth-order valence-corrected chi connectivity index (χ4v) is 15.2. The van der Waals surface area contributed by atoms with Crippen molar-refractivity contribution in [3.63, 3.8) is 0 Å². The summed E-state index contributed by atoms with van der Waals surface area (Å²) in [5.74, 6) is -0.878. The van der Waals surface area contributed by atoms with Gasteiger partial charge >= 0.3 is 0 Å². The first-order chi connectivity index (χ1) is 23.0. The van der Waals surface area contributed by atoms with Crippen LogP contribution in [0.2, 0.25) is 16.6 Å². The van der Waals surface area contributed by atoms with Gasteiger partial charge in [0.2, 0.25) is 11.8 Å². The number of aliphatic hydroxyl groups is 1. The van der Waals surface area contributed by atoms with Crippen molar-refractivity contribution in [1.29, 1.82) is 0 Å². The molecule has 0 unspecified atom stereocenters. The lowest BCUT2D eigenvalue weighted by Crippen LogP contribution is -2.51. The lowest BCUT2D eigenvalue weighted by atomic mass is 9.60. The van der Waals surface area contributed by atoms with E-state index in [0.717, 1.165) is 59.3 Å². The van der Waals surface area contributed by atoms with E-state index in [-0.39, 0.29) is 18.4 Å². The predicted octanol–water partition coefficient (Wildman–Crippen LogP) is 8.66. The third-order valence-electron chi connectivity index (χ3n) is 11.9. The number of aliphatic hydroxyl groups excluding tert-OH is 1. The predicted molar refractivity (Wildman–Crippen MR) is 191 cm³/mol. The van der Waals surface area contributed by atoms with Gasteiger partial charge in [-0.25, -0.2) is 0 Å². The highest BCUT2D eigenvalue weighted by Gasteiger charge is 2.63. The molecule has 3 aromatic rings. The number of rotatable bonds is 8. The van der Waals surface area contributed by atoms with Crippen molar-refractivity contribution in [3.8, 4) is 11.5 Å². The van der Waals surface area contributed by atoms with Crippen molar-refractivity contribution in [3.05, 3.63) is 101 Å². The van der Waals surface area contributed by atoms with Crippen LogP contribution in [0.3, 0.4) is 0 Å². The molecule has 2 aliphatic heterocycles. The van der Waals surface area contributed by atoms with E-state index in [2.05, 4.69) is 41.5 Å². The number of amides is 2. The van der Waals surface area contributed by atoms with E-state index in [4.69, 9.17) is 9.16 Å². The minimum Gasteiger partial charge on any atom is -0.543 e. The molecule has 3 aromatic carbocycles. The molecule has 7 heteroatoms. The van der Waals surface area contributed by atoms with Gasteiger partial charge in [0.15, 0.2) is 0 Å². The Balaban J connectivity index is 1.40. The van der Waals surface area contributed by atoms with Crippen LogP contribution >= 0.6 is 0 Å². The fraction of sp³-hybridized carbons (Fsp3) is 0.463. The van der Waals surface area contributed by atoms with Crippen molar-refractivity contribution < 1.29 is 23.9 Å². The van der Waals surface area contributed by atoms with Gasteiger partial charge in [-0.1, -0.05) is 102 Å². The van der Waals surface area contributed by atoms with Crippen LogP contribution in [0.25, 0.3) is 5.57 Å². The van der Waals surface area contributed by atoms with Crippen LogP contribution in [0.15, 0.2) is 84.4 Å². The highest BCUT2D eigenvalue weighted by atomic mass is 28.4. The second kappa shape index (κ2) is 12.3. The third kappa shape index (κ3) is 4.99. The summed E-state index contributed by atoms with van der Waals surface area (Å²) in [6.07, 6.45) is 2.41. The van der Waals surface area contributed by atoms with E-state index < -0.39 is 37.8 Å². The maximum Gasteiger partial charge on any atom is 0.258 e. The summed E-state index contributed by atoms with van der Waals surface area (Å²) in [6, 6.07) is 25.6. The van der Waals surface area contributed by atoms with E-state index in [1.54, 1.807) is 0 Å². The zero-order valence-electron chi connectivity index (χ0n) is 29.1. The molecule has 0 bridgehead atoms. The van der Waals surface area contributed by atoms with Gasteiger partial charge < -0.3 is 14.3 Å². The second-order valence-corrected chi connectivity index (χ2v) is 20.7.